The largest absolute Gasteiger partial charge is 0.396 e. The number of hydrogen-bond donors (Lipinski definition) is 1. The summed E-state index contributed by atoms with van der Waals surface area (Å²) < 4.78 is 0. The number of hydrogen-bond acceptors (Lipinski definition) is 3. The molecule has 0 fully saturated rings. The number of pyridine rings is 1. The average Bonchev–Trinajstić information content (AvgIpc) is 2.17. The molecule has 1 rings (SSSR count). The SMILES string of the molecule is CN(C)C(=O)c1ccnc(CCO)c1. The van der Waals surface area contributed by atoms with Crippen LogP contribution in [0.1, 0.15) is 16.1 Å². The lowest BCUT2D eigenvalue weighted by Crippen LogP contribution is -2.21. The maximum atomic E-state index is 11.5. The lowest BCUT2D eigenvalue weighted by Gasteiger charge is -2.10. The van der Waals surface area contributed by atoms with Crippen molar-refractivity contribution >= 4 is 5.91 Å². The molecule has 1 aromatic rings. The second-order valence-corrected chi connectivity index (χ2v) is 3.21. The second-order valence-electron chi connectivity index (χ2n) is 3.21. The van der Waals surface area contributed by atoms with Crippen LogP contribution >= 0.6 is 0 Å². The van der Waals surface area contributed by atoms with Crippen LogP contribution in [0.2, 0.25) is 0 Å². The Balaban J connectivity index is 2.88. The summed E-state index contributed by atoms with van der Waals surface area (Å²) in [5, 5.41) is 8.72. The fraction of sp³-hybridized carbons (Fsp3) is 0.400. The van der Waals surface area contributed by atoms with Gasteiger partial charge in [0.1, 0.15) is 0 Å². The average molecular weight is 194 g/mol. The Kier molecular flexibility index (Phi) is 3.59. The summed E-state index contributed by atoms with van der Waals surface area (Å²) in [7, 11) is 3.41. The molecule has 1 N–H and O–H groups in total. The van der Waals surface area contributed by atoms with Gasteiger partial charge in [0.05, 0.1) is 0 Å². The molecule has 4 heteroatoms. The molecular formula is C10H14N2O2. The van der Waals surface area contributed by atoms with E-state index in [2.05, 4.69) is 4.98 Å². The fourth-order valence-electron chi connectivity index (χ4n) is 1.12. The number of aromatic nitrogens is 1. The molecule has 1 aromatic heterocycles. The number of aliphatic hydroxyl groups excluding tert-OH is 1. The molecule has 0 aliphatic heterocycles. The smallest absolute Gasteiger partial charge is 0.253 e. The predicted octanol–water partition coefficient (Wildman–Crippen LogP) is 0.318. The molecule has 1 amide bonds. The van der Waals surface area contributed by atoms with Crippen LogP contribution in [0.5, 0.6) is 0 Å². The van der Waals surface area contributed by atoms with Crippen LogP contribution in [0, 0.1) is 0 Å². The van der Waals surface area contributed by atoms with Crippen molar-refractivity contribution in [3.8, 4) is 0 Å². The highest BCUT2D eigenvalue weighted by molar-refractivity contribution is 5.93. The minimum atomic E-state index is -0.0495. The predicted molar refractivity (Wildman–Crippen MR) is 53.0 cm³/mol. The van der Waals surface area contributed by atoms with Gasteiger partial charge in [-0.3, -0.25) is 9.78 Å². The van der Waals surface area contributed by atoms with Crippen molar-refractivity contribution in [2.75, 3.05) is 20.7 Å². The first-order valence-corrected chi connectivity index (χ1v) is 4.42. The second kappa shape index (κ2) is 4.72. The topological polar surface area (TPSA) is 53.4 Å². The molecule has 0 atom stereocenters. The summed E-state index contributed by atoms with van der Waals surface area (Å²) in [4.78, 5) is 17.1. The van der Waals surface area contributed by atoms with Crippen molar-refractivity contribution in [2.24, 2.45) is 0 Å². The number of aliphatic hydroxyl groups is 1. The number of rotatable bonds is 3. The van der Waals surface area contributed by atoms with Crippen molar-refractivity contribution in [1.29, 1.82) is 0 Å². The standard InChI is InChI=1S/C10H14N2O2/c1-12(2)10(14)8-3-5-11-9(7-8)4-6-13/h3,5,7,13H,4,6H2,1-2H3. The normalized spacial score (nSPS) is 9.93. The highest BCUT2D eigenvalue weighted by Crippen LogP contribution is 2.04. The molecular weight excluding hydrogens is 180 g/mol. The number of amides is 1. The first-order valence-electron chi connectivity index (χ1n) is 4.42. The van der Waals surface area contributed by atoms with E-state index in [4.69, 9.17) is 5.11 Å². The third kappa shape index (κ3) is 2.53. The Morgan fingerprint density at radius 3 is 2.86 bits per heavy atom. The Morgan fingerprint density at radius 2 is 2.29 bits per heavy atom. The first kappa shape index (κ1) is 10.7. The van der Waals surface area contributed by atoms with E-state index in [-0.39, 0.29) is 12.5 Å². The van der Waals surface area contributed by atoms with Gasteiger partial charge in [0.2, 0.25) is 0 Å². The minimum absolute atomic E-state index is 0.0482. The molecule has 0 saturated carbocycles. The van der Waals surface area contributed by atoms with Gasteiger partial charge in [-0.1, -0.05) is 0 Å². The molecule has 0 spiro atoms. The van der Waals surface area contributed by atoms with Gasteiger partial charge in [0.25, 0.3) is 5.91 Å². The van der Waals surface area contributed by atoms with Gasteiger partial charge in [0, 0.05) is 44.6 Å². The fourth-order valence-corrected chi connectivity index (χ4v) is 1.12. The highest BCUT2D eigenvalue weighted by Gasteiger charge is 2.08. The van der Waals surface area contributed by atoms with E-state index >= 15 is 0 Å². The summed E-state index contributed by atoms with van der Waals surface area (Å²) in [6.45, 7) is 0.0482. The van der Waals surface area contributed by atoms with Gasteiger partial charge in [-0.15, -0.1) is 0 Å². The van der Waals surface area contributed by atoms with Crippen LogP contribution in [0.4, 0.5) is 0 Å². The van der Waals surface area contributed by atoms with E-state index in [9.17, 15) is 4.79 Å². The molecule has 0 bridgehead atoms. The third-order valence-corrected chi connectivity index (χ3v) is 1.84. The molecule has 4 nitrogen and oxygen atoms in total. The maximum absolute atomic E-state index is 11.5. The van der Waals surface area contributed by atoms with Gasteiger partial charge in [-0.05, 0) is 12.1 Å². The Labute approximate surface area is 83.2 Å². The van der Waals surface area contributed by atoms with Crippen molar-refractivity contribution in [2.45, 2.75) is 6.42 Å². The number of nitrogens with zero attached hydrogens (tertiary/aromatic N) is 2. The number of carbonyl (C=O) groups is 1. The molecule has 76 valence electrons. The van der Waals surface area contributed by atoms with Crippen molar-refractivity contribution in [1.82, 2.24) is 9.88 Å². The van der Waals surface area contributed by atoms with Crippen LogP contribution in [-0.2, 0) is 6.42 Å². The van der Waals surface area contributed by atoms with Gasteiger partial charge in [-0.25, -0.2) is 0 Å². The van der Waals surface area contributed by atoms with Gasteiger partial charge < -0.3 is 10.0 Å². The Morgan fingerprint density at radius 1 is 1.57 bits per heavy atom. The monoisotopic (exact) mass is 194 g/mol. The maximum Gasteiger partial charge on any atom is 0.253 e. The van der Waals surface area contributed by atoms with Crippen LogP contribution in [0.25, 0.3) is 0 Å². The van der Waals surface area contributed by atoms with E-state index in [0.29, 0.717) is 12.0 Å². The molecule has 0 aromatic carbocycles. The van der Waals surface area contributed by atoms with Gasteiger partial charge in [0.15, 0.2) is 0 Å². The molecule has 0 unspecified atom stereocenters. The van der Waals surface area contributed by atoms with Crippen LogP contribution < -0.4 is 0 Å². The van der Waals surface area contributed by atoms with E-state index in [1.54, 1.807) is 32.4 Å². The summed E-state index contributed by atoms with van der Waals surface area (Å²) in [6.07, 6.45) is 2.07. The van der Waals surface area contributed by atoms with Crippen molar-refractivity contribution in [3.63, 3.8) is 0 Å². The third-order valence-electron chi connectivity index (χ3n) is 1.84. The lowest BCUT2D eigenvalue weighted by molar-refractivity contribution is 0.0827. The van der Waals surface area contributed by atoms with Crippen molar-refractivity contribution in [3.05, 3.63) is 29.6 Å². The summed E-state index contributed by atoms with van der Waals surface area (Å²) in [6, 6.07) is 3.38. The van der Waals surface area contributed by atoms with E-state index < -0.39 is 0 Å². The minimum Gasteiger partial charge on any atom is -0.396 e. The summed E-state index contributed by atoms with van der Waals surface area (Å²) in [5.41, 5.74) is 1.34. The molecule has 0 aliphatic carbocycles. The summed E-state index contributed by atoms with van der Waals surface area (Å²) >= 11 is 0. The van der Waals surface area contributed by atoms with Crippen LogP contribution in [0.3, 0.4) is 0 Å². The van der Waals surface area contributed by atoms with E-state index in [1.807, 2.05) is 0 Å². The highest BCUT2D eigenvalue weighted by atomic mass is 16.3. The van der Waals surface area contributed by atoms with Gasteiger partial charge >= 0.3 is 0 Å². The molecule has 0 aliphatic rings. The van der Waals surface area contributed by atoms with E-state index in [1.165, 1.54) is 4.90 Å². The molecule has 0 saturated heterocycles. The molecule has 0 radical (unpaired) electrons. The zero-order chi connectivity index (χ0) is 10.6. The zero-order valence-electron chi connectivity index (χ0n) is 8.40. The first-order chi connectivity index (χ1) is 6.65. The molecule has 1 heterocycles. The van der Waals surface area contributed by atoms with Crippen molar-refractivity contribution < 1.29 is 9.90 Å². The van der Waals surface area contributed by atoms with E-state index in [0.717, 1.165) is 5.69 Å². The van der Waals surface area contributed by atoms with Crippen LogP contribution in [-0.4, -0.2) is 41.6 Å². The summed E-state index contributed by atoms with van der Waals surface area (Å²) in [5.74, 6) is -0.0495. The quantitative estimate of drug-likeness (QED) is 0.753. The molecule has 14 heavy (non-hydrogen) atoms. The lowest BCUT2D eigenvalue weighted by atomic mass is 10.2. The van der Waals surface area contributed by atoms with Crippen LogP contribution in [0.15, 0.2) is 18.3 Å². The van der Waals surface area contributed by atoms with Gasteiger partial charge in [-0.2, -0.15) is 0 Å². The Hall–Kier alpha value is -1.42. The number of carbonyl (C=O) groups excluding carboxylic acids is 1. The zero-order valence-corrected chi connectivity index (χ0v) is 8.40. The Bertz CT molecular complexity index is 324.